The quantitative estimate of drug-likeness (QED) is 0.708. The number of benzene rings is 2. The minimum atomic E-state index is -0.205. The third-order valence-corrected chi connectivity index (χ3v) is 2.89. The fraction of sp³-hybridized carbons (Fsp3) is 0. The van der Waals surface area contributed by atoms with Crippen LogP contribution in [0, 0.1) is 0 Å². The number of rotatable bonds is 3. The molecule has 7 heteroatoms. The molecule has 7 nitrogen and oxygen atoms in total. The van der Waals surface area contributed by atoms with Crippen LogP contribution in [0.4, 0.5) is 11.4 Å². The minimum absolute atomic E-state index is 0.205. The van der Waals surface area contributed by atoms with Gasteiger partial charge in [-0.25, -0.2) is 4.68 Å². The first-order valence-electron chi connectivity index (χ1n) is 6.23. The van der Waals surface area contributed by atoms with Gasteiger partial charge in [-0.05, 0) is 52.9 Å². The van der Waals surface area contributed by atoms with Crippen LogP contribution in [0.1, 0.15) is 10.4 Å². The van der Waals surface area contributed by atoms with Gasteiger partial charge in [-0.3, -0.25) is 4.79 Å². The number of hydrogen-bond acceptors (Lipinski definition) is 5. The Morgan fingerprint density at radius 2 is 1.95 bits per heavy atom. The number of carbonyl (C=O) groups is 1. The minimum Gasteiger partial charge on any atom is -0.399 e. The number of amides is 1. The van der Waals surface area contributed by atoms with Crippen molar-refractivity contribution in [1.29, 1.82) is 0 Å². The smallest absolute Gasteiger partial charge is 0.255 e. The van der Waals surface area contributed by atoms with E-state index < -0.39 is 0 Å². The highest BCUT2D eigenvalue weighted by atomic mass is 16.1. The normalized spacial score (nSPS) is 10.3. The molecule has 0 aliphatic rings. The molecule has 0 aliphatic carbocycles. The highest BCUT2D eigenvalue weighted by Gasteiger charge is 2.07. The summed E-state index contributed by atoms with van der Waals surface area (Å²) in [7, 11) is 0. The zero-order valence-corrected chi connectivity index (χ0v) is 11.0. The second kappa shape index (κ2) is 5.41. The Labute approximate surface area is 120 Å². The fourth-order valence-electron chi connectivity index (χ4n) is 1.86. The molecule has 1 aromatic heterocycles. The molecule has 2 aromatic carbocycles. The van der Waals surface area contributed by atoms with Crippen molar-refractivity contribution in [2.45, 2.75) is 0 Å². The lowest BCUT2D eigenvalue weighted by atomic mass is 10.2. The maximum Gasteiger partial charge on any atom is 0.255 e. The molecule has 0 unspecified atom stereocenters. The van der Waals surface area contributed by atoms with Crippen LogP contribution in [-0.2, 0) is 0 Å². The Balaban J connectivity index is 1.76. The van der Waals surface area contributed by atoms with Gasteiger partial charge < -0.3 is 11.1 Å². The monoisotopic (exact) mass is 280 g/mol. The van der Waals surface area contributed by atoms with E-state index in [1.165, 1.54) is 11.0 Å². The molecule has 3 N–H and O–H groups in total. The molecule has 0 aliphatic heterocycles. The van der Waals surface area contributed by atoms with E-state index in [0.29, 0.717) is 16.9 Å². The number of carbonyl (C=O) groups excluding carboxylic acids is 1. The molecule has 0 bridgehead atoms. The van der Waals surface area contributed by atoms with Crippen molar-refractivity contribution in [3.05, 3.63) is 60.4 Å². The number of hydrogen-bond donors (Lipinski definition) is 2. The van der Waals surface area contributed by atoms with Crippen molar-refractivity contribution in [2.24, 2.45) is 0 Å². The van der Waals surface area contributed by atoms with Crippen LogP contribution in [0.2, 0.25) is 0 Å². The van der Waals surface area contributed by atoms with Gasteiger partial charge in [-0.2, -0.15) is 0 Å². The van der Waals surface area contributed by atoms with Gasteiger partial charge in [0.1, 0.15) is 6.33 Å². The average Bonchev–Trinajstić information content (AvgIpc) is 3.01. The molecule has 104 valence electrons. The lowest BCUT2D eigenvalue weighted by Gasteiger charge is -2.06. The summed E-state index contributed by atoms with van der Waals surface area (Å²) in [6, 6.07) is 14.0. The topological polar surface area (TPSA) is 98.7 Å². The van der Waals surface area contributed by atoms with Gasteiger partial charge in [-0.1, -0.05) is 6.07 Å². The van der Waals surface area contributed by atoms with E-state index in [4.69, 9.17) is 5.73 Å². The van der Waals surface area contributed by atoms with Crippen LogP contribution in [0.15, 0.2) is 54.9 Å². The summed E-state index contributed by atoms with van der Waals surface area (Å²) < 4.78 is 1.51. The molecule has 0 spiro atoms. The van der Waals surface area contributed by atoms with Crippen LogP contribution in [0.3, 0.4) is 0 Å². The Kier molecular flexibility index (Phi) is 3.30. The number of anilines is 2. The number of nitrogen functional groups attached to an aromatic ring is 1. The number of tetrazole rings is 1. The largest absolute Gasteiger partial charge is 0.399 e. The molecule has 3 rings (SSSR count). The van der Waals surface area contributed by atoms with Gasteiger partial charge >= 0.3 is 0 Å². The number of nitrogens with two attached hydrogens (primary N) is 1. The van der Waals surface area contributed by atoms with Crippen LogP contribution in [0.5, 0.6) is 0 Å². The highest BCUT2D eigenvalue weighted by Crippen LogP contribution is 2.14. The van der Waals surface area contributed by atoms with Crippen LogP contribution < -0.4 is 11.1 Å². The van der Waals surface area contributed by atoms with Crippen LogP contribution >= 0.6 is 0 Å². The van der Waals surface area contributed by atoms with Crippen molar-refractivity contribution >= 4 is 17.3 Å². The summed E-state index contributed by atoms with van der Waals surface area (Å²) in [5.41, 5.74) is 8.24. The second-order valence-corrected chi connectivity index (χ2v) is 4.38. The molecule has 0 radical (unpaired) electrons. The summed E-state index contributed by atoms with van der Waals surface area (Å²) in [6.07, 6.45) is 1.49. The van der Waals surface area contributed by atoms with Crippen molar-refractivity contribution in [2.75, 3.05) is 11.1 Å². The Morgan fingerprint density at radius 3 is 2.62 bits per heavy atom. The molecule has 0 atom stereocenters. The zero-order chi connectivity index (χ0) is 14.7. The van der Waals surface area contributed by atoms with E-state index in [9.17, 15) is 4.79 Å². The van der Waals surface area contributed by atoms with Gasteiger partial charge in [0.2, 0.25) is 0 Å². The summed E-state index contributed by atoms with van der Waals surface area (Å²) in [5, 5.41) is 13.7. The molecular weight excluding hydrogens is 268 g/mol. The maximum absolute atomic E-state index is 12.1. The predicted octanol–water partition coefficient (Wildman–Crippen LogP) is 1.50. The van der Waals surface area contributed by atoms with Gasteiger partial charge in [0.25, 0.3) is 5.91 Å². The first-order chi connectivity index (χ1) is 10.2. The fourth-order valence-corrected chi connectivity index (χ4v) is 1.86. The second-order valence-electron chi connectivity index (χ2n) is 4.38. The summed E-state index contributed by atoms with van der Waals surface area (Å²) in [6.45, 7) is 0. The predicted molar refractivity (Wildman–Crippen MR) is 78.0 cm³/mol. The molecule has 21 heavy (non-hydrogen) atoms. The van der Waals surface area contributed by atoms with E-state index >= 15 is 0 Å². The van der Waals surface area contributed by atoms with E-state index in [1.54, 1.807) is 48.5 Å². The lowest BCUT2D eigenvalue weighted by molar-refractivity contribution is 0.102. The summed E-state index contributed by atoms with van der Waals surface area (Å²) in [5.74, 6) is -0.205. The Bertz CT molecular complexity index is 751. The summed E-state index contributed by atoms with van der Waals surface area (Å²) >= 11 is 0. The molecule has 0 saturated heterocycles. The third kappa shape index (κ3) is 2.86. The van der Waals surface area contributed by atoms with Crippen molar-refractivity contribution in [3.63, 3.8) is 0 Å². The van der Waals surface area contributed by atoms with E-state index in [1.807, 2.05) is 0 Å². The third-order valence-electron chi connectivity index (χ3n) is 2.89. The zero-order valence-electron chi connectivity index (χ0n) is 11.0. The molecule has 3 aromatic rings. The molecule has 1 amide bonds. The highest BCUT2D eigenvalue weighted by molar-refractivity contribution is 6.04. The number of nitrogens with zero attached hydrogens (tertiary/aromatic N) is 4. The SMILES string of the molecule is Nc1cccc(NC(=O)c2ccc(-n3cnnn3)cc2)c1. The molecule has 0 fully saturated rings. The molecular formula is C14H12N6O. The number of aromatic nitrogens is 4. The van der Waals surface area contributed by atoms with Crippen molar-refractivity contribution in [3.8, 4) is 5.69 Å². The van der Waals surface area contributed by atoms with E-state index in [0.717, 1.165) is 5.69 Å². The maximum atomic E-state index is 12.1. The van der Waals surface area contributed by atoms with Gasteiger partial charge in [0.15, 0.2) is 0 Å². The van der Waals surface area contributed by atoms with Gasteiger partial charge in [0, 0.05) is 16.9 Å². The van der Waals surface area contributed by atoms with Crippen LogP contribution in [-0.4, -0.2) is 26.1 Å². The Morgan fingerprint density at radius 1 is 1.14 bits per heavy atom. The van der Waals surface area contributed by atoms with E-state index in [-0.39, 0.29) is 5.91 Å². The van der Waals surface area contributed by atoms with E-state index in [2.05, 4.69) is 20.8 Å². The molecule has 1 heterocycles. The van der Waals surface area contributed by atoms with Crippen molar-refractivity contribution in [1.82, 2.24) is 20.2 Å². The van der Waals surface area contributed by atoms with Gasteiger partial charge in [0.05, 0.1) is 5.69 Å². The lowest BCUT2D eigenvalue weighted by Crippen LogP contribution is -2.12. The van der Waals surface area contributed by atoms with Crippen molar-refractivity contribution < 1.29 is 4.79 Å². The standard InChI is InChI=1S/C14H12N6O/c15-11-2-1-3-12(8-11)17-14(21)10-4-6-13(7-5-10)20-9-16-18-19-20/h1-9H,15H2,(H,17,21). The molecule has 0 saturated carbocycles. The first-order valence-corrected chi connectivity index (χ1v) is 6.23. The van der Waals surface area contributed by atoms with Gasteiger partial charge in [-0.15, -0.1) is 5.10 Å². The van der Waals surface area contributed by atoms with Crippen LogP contribution in [0.25, 0.3) is 5.69 Å². The number of nitrogens with one attached hydrogen (secondary N) is 1. The average molecular weight is 280 g/mol. The first kappa shape index (κ1) is 12.8. The summed E-state index contributed by atoms with van der Waals surface area (Å²) in [4.78, 5) is 12.1. The Hall–Kier alpha value is -3.22.